The van der Waals surface area contributed by atoms with Gasteiger partial charge in [-0.25, -0.2) is 0 Å². The fraction of sp³-hybridized carbons (Fsp3) is 0.357. The van der Waals surface area contributed by atoms with E-state index in [1.54, 1.807) is 0 Å². The van der Waals surface area contributed by atoms with E-state index in [1.165, 1.54) is 0 Å². The van der Waals surface area contributed by atoms with Gasteiger partial charge in [0.2, 0.25) is 5.88 Å². The summed E-state index contributed by atoms with van der Waals surface area (Å²) in [5.41, 5.74) is 2.80. The van der Waals surface area contributed by atoms with Gasteiger partial charge >= 0.3 is 0 Å². The van der Waals surface area contributed by atoms with Crippen LogP contribution in [0.5, 0.6) is 11.6 Å². The van der Waals surface area contributed by atoms with Crippen LogP contribution in [0.3, 0.4) is 0 Å². The first-order valence-corrected chi connectivity index (χ1v) is 6.34. The lowest BCUT2D eigenvalue weighted by Gasteiger charge is -2.09. The molecule has 0 unspecified atom stereocenters. The summed E-state index contributed by atoms with van der Waals surface area (Å²) in [5.74, 6) is 1.23. The average Bonchev–Trinajstić information content (AvgIpc) is 2.43. The smallest absolute Gasteiger partial charge is 0.238 e. The second kappa shape index (κ2) is 6.24. The molecule has 0 aliphatic heterocycles. The van der Waals surface area contributed by atoms with Crippen molar-refractivity contribution in [1.82, 2.24) is 20.5 Å². The molecule has 2 heterocycles. The Morgan fingerprint density at radius 1 is 1.16 bits per heavy atom. The van der Waals surface area contributed by atoms with Crippen LogP contribution < -0.4 is 10.1 Å². The fourth-order valence-electron chi connectivity index (χ4n) is 1.73. The van der Waals surface area contributed by atoms with E-state index in [0.717, 1.165) is 29.3 Å². The number of aryl methyl sites for hydroxylation is 2. The molecule has 0 aromatic carbocycles. The number of hydrogen-bond donors (Lipinski definition) is 1. The predicted molar refractivity (Wildman–Crippen MR) is 73.2 cm³/mol. The molecule has 0 amide bonds. The van der Waals surface area contributed by atoms with Crippen molar-refractivity contribution in [1.29, 1.82) is 0 Å². The molecule has 1 N–H and O–H groups in total. The summed E-state index contributed by atoms with van der Waals surface area (Å²) in [7, 11) is 1.87. The summed E-state index contributed by atoms with van der Waals surface area (Å²) in [4.78, 5) is 4.45. The maximum atomic E-state index is 5.73. The number of ether oxygens (including phenoxy) is 1. The fourth-order valence-corrected chi connectivity index (χ4v) is 1.73. The largest absolute Gasteiger partial charge is 0.436 e. The van der Waals surface area contributed by atoms with Gasteiger partial charge in [-0.2, -0.15) is 5.10 Å². The van der Waals surface area contributed by atoms with Crippen LogP contribution in [0.2, 0.25) is 0 Å². The van der Waals surface area contributed by atoms with Crippen LogP contribution in [-0.2, 0) is 13.0 Å². The first-order chi connectivity index (χ1) is 9.22. The number of nitrogens with zero attached hydrogens (tertiary/aromatic N) is 3. The number of nitrogens with one attached hydrogen (secondary N) is 1. The van der Waals surface area contributed by atoms with Crippen molar-refractivity contribution < 1.29 is 4.74 Å². The van der Waals surface area contributed by atoms with Gasteiger partial charge in [0, 0.05) is 18.3 Å². The summed E-state index contributed by atoms with van der Waals surface area (Å²) in [6, 6.07) is 7.56. The average molecular weight is 258 g/mol. The molecule has 0 bridgehead atoms. The van der Waals surface area contributed by atoms with Crippen LogP contribution in [0.15, 0.2) is 24.3 Å². The highest BCUT2D eigenvalue weighted by molar-refractivity contribution is 5.32. The van der Waals surface area contributed by atoms with Crippen molar-refractivity contribution in [3.63, 3.8) is 0 Å². The highest BCUT2D eigenvalue weighted by Crippen LogP contribution is 2.23. The molecule has 2 aromatic heterocycles. The SMILES string of the molecule is CCc1nc(C)ccc1Oc1ccc(CNC)nn1. The molecule has 0 spiro atoms. The van der Waals surface area contributed by atoms with Gasteiger partial charge in [-0.15, -0.1) is 5.10 Å². The Labute approximate surface area is 113 Å². The van der Waals surface area contributed by atoms with E-state index < -0.39 is 0 Å². The van der Waals surface area contributed by atoms with Crippen molar-refractivity contribution in [3.05, 3.63) is 41.3 Å². The number of rotatable bonds is 5. The van der Waals surface area contributed by atoms with Crippen LogP contribution >= 0.6 is 0 Å². The van der Waals surface area contributed by atoms with E-state index in [1.807, 2.05) is 38.2 Å². The number of hydrogen-bond acceptors (Lipinski definition) is 5. The Kier molecular flexibility index (Phi) is 4.41. The molecule has 2 rings (SSSR count). The molecule has 0 saturated heterocycles. The van der Waals surface area contributed by atoms with Gasteiger partial charge in [0.05, 0.1) is 11.4 Å². The maximum Gasteiger partial charge on any atom is 0.238 e. The van der Waals surface area contributed by atoms with E-state index >= 15 is 0 Å². The normalized spacial score (nSPS) is 10.5. The highest BCUT2D eigenvalue weighted by Gasteiger charge is 2.06. The number of pyridine rings is 1. The van der Waals surface area contributed by atoms with E-state index in [9.17, 15) is 0 Å². The van der Waals surface area contributed by atoms with E-state index in [2.05, 4.69) is 27.4 Å². The minimum Gasteiger partial charge on any atom is -0.436 e. The van der Waals surface area contributed by atoms with Crippen LogP contribution in [0.4, 0.5) is 0 Å². The molecule has 0 radical (unpaired) electrons. The molecule has 19 heavy (non-hydrogen) atoms. The van der Waals surface area contributed by atoms with Crippen molar-refractivity contribution >= 4 is 0 Å². The third kappa shape index (κ3) is 3.48. The summed E-state index contributed by atoms with van der Waals surface area (Å²) in [6.07, 6.45) is 0.822. The predicted octanol–water partition coefficient (Wildman–Crippen LogP) is 2.25. The lowest BCUT2D eigenvalue weighted by molar-refractivity contribution is 0.445. The van der Waals surface area contributed by atoms with E-state index in [4.69, 9.17) is 4.74 Å². The standard InChI is InChI=1S/C14H18N4O/c1-4-12-13(7-5-10(2)16-12)19-14-8-6-11(9-15-3)17-18-14/h5-8,15H,4,9H2,1-3H3. The molecule has 100 valence electrons. The minimum atomic E-state index is 0.486. The Morgan fingerprint density at radius 3 is 2.63 bits per heavy atom. The molecular weight excluding hydrogens is 240 g/mol. The molecule has 5 nitrogen and oxygen atoms in total. The summed E-state index contributed by atoms with van der Waals surface area (Å²) in [6.45, 7) is 4.71. The molecule has 0 fully saturated rings. The third-order valence-corrected chi connectivity index (χ3v) is 2.67. The van der Waals surface area contributed by atoms with Gasteiger partial charge in [0.1, 0.15) is 0 Å². The summed E-state index contributed by atoms with van der Waals surface area (Å²) < 4.78 is 5.73. The Morgan fingerprint density at radius 2 is 2.00 bits per heavy atom. The third-order valence-electron chi connectivity index (χ3n) is 2.67. The minimum absolute atomic E-state index is 0.486. The molecule has 0 atom stereocenters. The van der Waals surface area contributed by atoms with Gasteiger partial charge < -0.3 is 10.1 Å². The molecule has 0 aliphatic rings. The van der Waals surface area contributed by atoms with Crippen LogP contribution in [0.1, 0.15) is 24.0 Å². The van der Waals surface area contributed by atoms with Crippen LogP contribution in [-0.4, -0.2) is 22.2 Å². The Hall–Kier alpha value is -2.01. The molecular formula is C14H18N4O. The van der Waals surface area contributed by atoms with Crippen molar-refractivity contribution in [2.45, 2.75) is 26.8 Å². The van der Waals surface area contributed by atoms with E-state index in [0.29, 0.717) is 12.4 Å². The van der Waals surface area contributed by atoms with Gasteiger partial charge in [-0.3, -0.25) is 4.98 Å². The van der Waals surface area contributed by atoms with Crippen molar-refractivity contribution in [2.75, 3.05) is 7.05 Å². The quantitative estimate of drug-likeness (QED) is 0.891. The second-order valence-corrected chi connectivity index (χ2v) is 4.25. The van der Waals surface area contributed by atoms with Gasteiger partial charge in [0.15, 0.2) is 5.75 Å². The van der Waals surface area contributed by atoms with Crippen LogP contribution in [0.25, 0.3) is 0 Å². The zero-order chi connectivity index (χ0) is 13.7. The summed E-state index contributed by atoms with van der Waals surface area (Å²) >= 11 is 0. The van der Waals surface area contributed by atoms with Gasteiger partial charge in [-0.05, 0) is 38.6 Å². The van der Waals surface area contributed by atoms with Crippen molar-refractivity contribution in [2.24, 2.45) is 0 Å². The lowest BCUT2D eigenvalue weighted by atomic mass is 10.2. The number of aromatic nitrogens is 3. The topological polar surface area (TPSA) is 59.9 Å². The van der Waals surface area contributed by atoms with Gasteiger partial charge in [-0.1, -0.05) is 6.92 Å². The molecule has 0 aliphatic carbocycles. The molecule has 2 aromatic rings. The van der Waals surface area contributed by atoms with Gasteiger partial charge in [0.25, 0.3) is 0 Å². The maximum absolute atomic E-state index is 5.73. The second-order valence-electron chi connectivity index (χ2n) is 4.25. The first-order valence-electron chi connectivity index (χ1n) is 6.34. The lowest BCUT2D eigenvalue weighted by Crippen LogP contribution is -2.07. The molecule has 0 saturated carbocycles. The highest BCUT2D eigenvalue weighted by atomic mass is 16.5. The molecule has 5 heteroatoms. The Bertz CT molecular complexity index is 540. The van der Waals surface area contributed by atoms with E-state index in [-0.39, 0.29) is 0 Å². The zero-order valence-corrected chi connectivity index (χ0v) is 11.5. The van der Waals surface area contributed by atoms with Crippen molar-refractivity contribution in [3.8, 4) is 11.6 Å². The Balaban J connectivity index is 2.16. The zero-order valence-electron chi connectivity index (χ0n) is 11.5. The first kappa shape index (κ1) is 13.4. The van der Waals surface area contributed by atoms with Crippen LogP contribution in [0, 0.1) is 6.92 Å². The summed E-state index contributed by atoms with van der Waals surface area (Å²) in [5, 5.41) is 11.2. The monoisotopic (exact) mass is 258 g/mol.